The van der Waals surface area contributed by atoms with Gasteiger partial charge in [-0.05, 0) is 31.0 Å². The van der Waals surface area contributed by atoms with Crippen molar-refractivity contribution in [1.82, 2.24) is 15.6 Å². The van der Waals surface area contributed by atoms with E-state index in [0.717, 1.165) is 28.4 Å². The summed E-state index contributed by atoms with van der Waals surface area (Å²) in [6.45, 7) is 4.43. The average molecular weight is 319 g/mol. The van der Waals surface area contributed by atoms with Crippen molar-refractivity contribution < 1.29 is 9.53 Å². The number of aromatic nitrogens is 1. The Morgan fingerprint density at radius 2 is 2.09 bits per heavy atom. The van der Waals surface area contributed by atoms with Crippen LogP contribution >= 0.6 is 11.3 Å². The summed E-state index contributed by atoms with van der Waals surface area (Å²) in [5.74, 6) is 0.807. The number of rotatable bonds is 6. The number of thiazole rings is 1. The van der Waals surface area contributed by atoms with Crippen LogP contribution in [0.5, 0.6) is 5.75 Å². The SMILES string of the molecule is CC[C@@H](NC(=O)NCc1csc(C)n1)c1ccc(OC)cc1. The zero-order chi connectivity index (χ0) is 15.9. The molecule has 0 saturated heterocycles. The van der Waals surface area contributed by atoms with E-state index < -0.39 is 0 Å². The van der Waals surface area contributed by atoms with Crippen molar-refractivity contribution in [3.63, 3.8) is 0 Å². The van der Waals surface area contributed by atoms with Gasteiger partial charge in [-0.1, -0.05) is 19.1 Å². The summed E-state index contributed by atoms with van der Waals surface area (Å²) in [6.07, 6.45) is 0.815. The van der Waals surface area contributed by atoms with Gasteiger partial charge in [0, 0.05) is 5.38 Å². The number of carbonyl (C=O) groups excluding carboxylic acids is 1. The van der Waals surface area contributed by atoms with Crippen LogP contribution in [-0.4, -0.2) is 18.1 Å². The number of aryl methyl sites for hydroxylation is 1. The number of hydrogen-bond donors (Lipinski definition) is 2. The summed E-state index contributed by atoms with van der Waals surface area (Å²) in [5, 5.41) is 8.78. The second kappa shape index (κ2) is 7.79. The quantitative estimate of drug-likeness (QED) is 0.857. The first kappa shape index (κ1) is 16.3. The number of amides is 2. The molecule has 2 rings (SSSR count). The van der Waals surface area contributed by atoms with E-state index in [4.69, 9.17) is 4.74 Å². The highest BCUT2D eigenvalue weighted by Crippen LogP contribution is 2.20. The molecular formula is C16H21N3O2S. The molecule has 1 aromatic heterocycles. The van der Waals surface area contributed by atoms with Gasteiger partial charge in [-0.25, -0.2) is 9.78 Å². The maximum Gasteiger partial charge on any atom is 0.315 e. The Morgan fingerprint density at radius 3 is 2.64 bits per heavy atom. The third kappa shape index (κ3) is 4.46. The van der Waals surface area contributed by atoms with Gasteiger partial charge in [-0.2, -0.15) is 0 Å². The molecule has 0 unspecified atom stereocenters. The van der Waals surface area contributed by atoms with Crippen molar-refractivity contribution in [2.45, 2.75) is 32.9 Å². The first-order valence-electron chi connectivity index (χ1n) is 7.21. The van der Waals surface area contributed by atoms with Crippen LogP contribution in [0, 0.1) is 6.92 Å². The number of benzene rings is 1. The van der Waals surface area contributed by atoms with Crippen LogP contribution in [0.2, 0.25) is 0 Å². The summed E-state index contributed by atoms with van der Waals surface area (Å²) in [4.78, 5) is 16.3. The van der Waals surface area contributed by atoms with E-state index in [-0.39, 0.29) is 12.1 Å². The maximum atomic E-state index is 12.0. The van der Waals surface area contributed by atoms with E-state index in [1.807, 2.05) is 43.5 Å². The third-order valence-corrected chi connectivity index (χ3v) is 4.15. The van der Waals surface area contributed by atoms with E-state index in [1.165, 1.54) is 0 Å². The molecule has 118 valence electrons. The number of carbonyl (C=O) groups is 1. The van der Waals surface area contributed by atoms with Crippen LogP contribution in [0.25, 0.3) is 0 Å². The molecule has 0 saturated carbocycles. The van der Waals surface area contributed by atoms with E-state index >= 15 is 0 Å². The lowest BCUT2D eigenvalue weighted by atomic mass is 10.0. The standard InChI is InChI=1S/C16H21N3O2S/c1-4-15(12-5-7-14(21-3)8-6-12)19-16(20)17-9-13-10-22-11(2)18-13/h5-8,10,15H,4,9H2,1-3H3,(H2,17,19,20)/t15-/m1/s1. The van der Waals surface area contributed by atoms with Gasteiger partial charge in [0.1, 0.15) is 5.75 Å². The van der Waals surface area contributed by atoms with Crippen molar-refractivity contribution in [3.05, 3.63) is 45.9 Å². The average Bonchev–Trinajstić information content (AvgIpc) is 2.96. The summed E-state index contributed by atoms with van der Waals surface area (Å²) in [7, 11) is 1.64. The van der Waals surface area contributed by atoms with Crippen LogP contribution in [0.15, 0.2) is 29.6 Å². The Labute approximate surface area is 134 Å². The normalized spacial score (nSPS) is 11.8. The minimum atomic E-state index is -0.187. The zero-order valence-corrected chi connectivity index (χ0v) is 13.9. The fraction of sp³-hybridized carbons (Fsp3) is 0.375. The molecular weight excluding hydrogens is 298 g/mol. The summed E-state index contributed by atoms with van der Waals surface area (Å²) in [6, 6.07) is 7.52. The van der Waals surface area contributed by atoms with Crippen molar-refractivity contribution >= 4 is 17.4 Å². The van der Waals surface area contributed by atoms with Gasteiger partial charge < -0.3 is 15.4 Å². The molecule has 1 heterocycles. The molecule has 2 amide bonds. The Bertz CT molecular complexity index is 610. The lowest BCUT2D eigenvalue weighted by Crippen LogP contribution is -2.37. The van der Waals surface area contributed by atoms with Gasteiger partial charge in [-0.3, -0.25) is 0 Å². The number of urea groups is 1. The van der Waals surface area contributed by atoms with Gasteiger partial charge in [0.2, 0.25) is 0 Å². The Kier molecular flexibility index (Phi) is 5.77. The highest BCUT2D eigenvalue weighted by atomic mass is 32.1. The van der Waals surface area contributed by atoms with Crippen LogP contribution in [-0.2, 0) is 6.54 Å². The molecule has 1 atom stereocenters. The molecule has 0 radical (unpaired) electrons. The van der Waals surface area contributed by atoms with Crippen LogP contribution < -0.4 is 15.4 Å². The van der Waals surface area contributed by atoms with Gasteiger partial charge in [0.25, 0.3) is 0 Å². The van der Waals surface area contributed by atoms with E-state index in [0.29, 0.717) is 6.54 Å². The second-order valence-electron chi connectivity index (χ2n) is 4.92. The van der Waals surface area contributed by atoms with Crippen molar-refractivity contribution in [2.75, 3.05) is 7.11 Å². The molecule has 22 heavy (non-hydrogen) atoms. The highest BCUT2D eigenvalue weighted by Gasteiger charge is 2.12. The van der Waals surface area contributed by atoms with Crippen LogP contribution in [0.1, 0.15) is 35.7 Å². The van der Waals surface area contributed by atoms with Crippen molar-refractivity contribution in [2.24, 2.45) is 0 Å². The minimum absolute atomic E-state index is 0.0249. The molecule has 0 spiro atoms. The van der Waals surface area contributed by atoms with Crippen LogP contribution in [0.4, 0.5) is 4.79 Å². The zero-order valence-electron chi connectivity index (χ0n) is 13.1. The molecule has 0 bridgehead atoms. The van der Waals surface area contributed by atoms with Crippen molar-refractivity contribution in [3.8, 4) is 5.75 Å². The Hall–Kier alpha value is -2.08. The fourth-order valence-electron chi connectivity index (χ4n) is 2.13. The number of methoxy groups -OCH3 is 1. The minimum Gasteiger partial charge on any atom is -0.497 e. The molecule has 5 nitrogen and oxygen atoms in total. The molecule has 2 aromatic rings. The smallest absolute Gasteiger partial charge is 0.315 e. The molecule has 1 aromatic carbocycles. The lowest BCUT2D eigenvalue weighted by Gasteiger charge is -2.18. The van der Waals surface area contributed by atoms with Gasteiger partial charge in [0.05, 0.1) is 30.4 Å². The molecule has 0 fully saturated rings. The number of nitrogens with one attached hydrogen (secondary N) is 2. The molecule has 6 heteroatoms. The number of nitrogens with zero attached hydrogens (tertiary/aromatic N) is 1. The fourth-order valence-corrected chi connectivity index (χ4v) is 2.74. The van der Waals surface area contributed by atoms with Gasteiger partial charge in [0.15, 0.2) is 0 Å². The Balaban J connectivity index is 1.89. The molecule has 0 aliphatic rings. The van der Waals surface area contributed by atoms with Gasteiger partial charge in [-0.15, -0.1) is 11.3 Å². The largest absolute Gasteiger partial charge is 0.497 e. The maximum absolute atomic E-state index is 12.0. The topological polar surface area (TPSA) is 63.2 Å². The summed E-state index contributed by atoms with van der Waals surface area (Å²) in [5.41, 5.74) is 1.94. The second-order valence-corrected chi connectivity index (χ2v) is 5.98. The van der Waals surface area contributed by atoms with E-state index in [1.54, 1.807) is 18.4 Å². The predicted molar refractivity (Wildman–Crippen MR) is 88.2 cm³/mol. The third-order valence-electron chi connectivity index (χ3n) is 3.33. The number of ether oxygens (including phenoxy) is 1. The molecule has 0 aliphatic heterocycles. The lowest BCUT2D eigenvalue weighted by molar-refractivity contribution is 0.236. The van der Waals surface area contributed by atoms with Crippen molar-refractivity contribution in [1.29, 1.82) is 0 Å². The Morgan fingerprint density at radius 1 is 1.36 bits per heavy atom. The summed E-state index contributed by atoms with van der Waals surface area (Å²) >= 11 is 1.58. The highest BCUT2D eigenvalue weighted by molar-refractivity contribution is 7.09. The molecule has 0 aliphatic carbocycles. The molecule has 2 N–H and O–H groups in total. The van der Waals surface area contributed by atoms with Gasteiger partial charge >= 0.3 is 6.03 Å². The van der Waals surface area contributed by atoms with E-state index in [2.05, 4.69) is 15.6 Å². The first-order chi connectivity index (χ1) is 10.6. The van der Waals surface area contributed by atoms with Crippen LogP contribution in [0.3, 0.4) is 0 Å². The number of hydrogen-bond acceptors (Lipinski definition) is 4. The first-order valence-corrected chi connectivity index (χ1v) is 8.09. The summed E-state index contributed by atoms with van der Waals surface area (Å²) < 4.78 is 5.15. The van der Waals surface area contributed by atoms with E-state index in [9.17, 15) is 4.79 Å². The predicted octanol–water partition coefficient (Wildman–Crippen LogP) is 3.41. The monoisotopic (exact) mass is 319 g/mol.